The lowest BCUT2D eigenvalue weighted by atomic mass is 10.0. The monoisotopic (exact) mass is 246 g/mol. The average molecular weight is 246 g/mol. The van der Waals surface area contributed by atoms with E-state index in [1.807, 2.05) is 0 Å². The van der Waals surface area contributed by atoms with Gasteiger partial charge in [-0.25, -0.2) is 0 Å². The molecule has 17 heavy (non-hydrogen) atoms. The van der Waals surface area contributed by atoms with Gasteiger partial charge in [-0.1, -0.05) is 6.08 Å². The summed E-state index contributed by atoms with van der Waals surface area (Å²) in [6.07, 6.45) is 0.962. The van der Waals surface area contributed by atoms with E-state index in [-0.39, 0.29) is 6.61 Å². The van der Waals surface area contributed by atoms with E-state index in [9.17, 15) is 5.11 Å². The van der Waals surface area contributed by atoms with Crippen molar-refractivity contribution in [2.24, 2.45) is 0 Å². The highest BCUT2D eigenvalue weighted by atomic mass is 16.8. The molecule has 0 saturated carbocycles. The van der Waals surface area contributed by atoms with E-state index in [1.165, 1.54) is 14.2 Å². The van der Waals surface area contributed by atoms with Crippen molar-refractivity contribution >= 4 is 0 Å². The van der Waals surface area contributed by atoms with Crippen molar-refractivity contribution in [3.63, 3.8) is 0 Å². The fraction of sp³-hybridized carbons (Fsp3) is 0.833. The predicted molar refractivity (Wildman–Crippen MR) is 62.5 cm³/mol. The van der Waals surface area contributed by atoms with Crippen molar-refractivity contribution in [3.8, 4) is 0 Å². The highest BCUT2D eigenvalue weighted by Gasteiger charge is 2.54. The molecule has 0 aromatic rings. The van der Waals surface area contributed by atoms with Gasteiger partial charge in [-0.15, -0.1) is 6.58 Å². The van der Waals surface area contributed by atoms with Gasteiger partial charge in [0.05, 0.1) is 12.7 Å². The molecule has 5 nitrogen and oxygen atoms in total. The molecule has 0 spiro atoms. The van der Waals surface area contributed by atoms with Crippen LogP contribution < -0.4 is 0 Å². The fourth-order valence-electron chi connectivity index (χ4n) is 1.79. The summed E-state index contributed by atoms with van der Waals surface area (Å²) < 4.78 is 22.0. The van der Waals surface area contributed by atoms with E-state index in [4.69, 9.17) is 18.9 Å². The van der Waals surface area contributed by atoms with Crippen molar-refractivity contribution in [3.05, 3.63) is 12.7 Å². The SMILES string of the molecule is C=CC[C@@H](O)[C@@H]1CO[C@@](C)(OC)[C@](C)(OC)O1. The fourth-order valence-corrected chi connectivity index (χ4v) is 1.79. The van der Waals surface area contributed by atoms with Gasteiger partial charge in [-0.05, 0) is 20.3 Å². The summed E-state index contributed by atoms with van der Waals surface area (Å²) in [6.45, 7) is 7.30. The molecule has 1 heterocycles. The molecule has 0 bridgehead atoms. The Bertz CT molecular complexity index is 270. The molecule has 0 aromatic heterocycles. The highest BCUT2D eigenvalue weighted by Crippen LogP contribution is 2.37. The third-order valence-corrected chi connectivity index (χ3v) is 3.34. The molecule has 1 aliphatic rings. The number of ether oxygens (including phenoxy) is 4. The molecule has 0 aromatic carbocycles. The summed E-state index contributed by atoms with van der Waals surface area (Å²) in [5, 5.41) is 9.87. The topological polar surface area (TPSA) is 57.2 Å². The second kappa shape index (κ2) is 5.46. The lowest BCUT2D eigenvalue weighted by Gasteiger charge is -2.49. The van der Waals surface area contributed by atoms with Gasteiger partial charge < -0.3 is 24.1 Å². The lowest BCUT2D eigenvalue weighted by molar-refractivity contribution is -0.436. The molecule has 0 unspecified atom stereocenters. The number of hydrogen-bond donors (Lipinski definition) is 1. The summed E-state index contributed by atoms with van der Waals surface area (Å²) in [4.78, 5) is 0. The lowest BCUT2D eigenvalue weighted by Crippen LogP contribution is -2.64. The molecule has 5 heteroatoms. The minimum atomic E-state index is -1.06. The summed E-state index contributed by atoms with van der Waals surface area (Å²) in [5.74, 6) is -2.06. The van der Waals surface area contributed by atoms with E-state index in [0.29, 0.717) is 6.42 Å². The van der Waals surface area contributed by atoms with Crippen LogP contribution in [0.5, 0.6) is 0 Å². The number of methoxy groups -OCH3 is 2. The number of aliphatic hydroxyl groups is 1. The van der Waals surface area contributed by atoms with Crippen molar-refractivity contribution in [1.82, 2.24) is 0 Å². The normalized spacial score (nSPS) is 39.9. The maximum Gasteiger partial charge on any atom is 0.220 e. The maximum atomic E-state index is 9.87. The first-order valence-corrected chi connectivity index (χ1v) is 5.63. The number of aliphatic hydroxyl groups excluding tert-OH is 1. The molecule has 1 aliphatic heterocycles. The maximum absolute atomic E-state index is 9.87. The molecule has 0 aliphatic carbocycles. The van der Waals surface area contributed by atoms with Crippen LogP contribution in [0.3, 0.4) is 0 Å². The Hall–Kier alpha value is -0.460. The van der Waals surface area contributed by atoms with E-state index in [2.05, 4.69) is 6.58 Å². The quantitative estimate of drug-likeness (QED) is 0.735. The molecule has 100 valence electrons. The van der Waals surface area contributed by atoms with Crippen LogP contribution in [0.1, 0.15) is 20.3 Å². The standard InChI is InChI=1S/C12H22O5/c1-6-7-9(13)10-8-16-11(2,14-4)12(3,15-5)17-10/h6,9-10,13H,1,7-8H2,2-5H3/t9-,10+,11-,12-/m1/s1. The molecule has 0 radical (unpaired) electrons. The zero-order chi connectivity index (χ0) is 13.1. The van der Waals surface area contributed by atoms with Crippen molar-refractivity contribution in [2.75, 3.05) is 20.8 Å². The Morgan fingerprint density at radius 2 is 2.00 bits per heavy atom. The molecule has 1 rings (SSSR count). The third kappa shape index (κ3) is 2.69. The van der Waals surface area contributed by atoms with Crippen LogP contribution in [-0.2, 0) is 18.9 Å². The van der Waals surface area contributed by atoms with Gasteiger partial charge in [0.25, 0.3) is 0 Å². The number of hydrogen-bond acceptors (Lipinski definition) is 5. The summed E-state index contributed by atoms with van der Waals surface area (Å²) in [5.41, 5.74) is 0. The Morgan fingerprint density at radius 3 is 2.47 bits per heavy atom. The molecular weight excluding hydrogens is 224 g/mol. The van der Waals surface area contributed by atoms with Gasteiger partial charge in [0, 0.05) is 14.2 Å². The average Bonchev–Trinajstić information content (AvgIpc) is 2.33. The zero-order valence-electron chi connectivity index (χ0n) is 10.9. The van der Waals surface area contributed by atoms with Crippen LogP contribution in [0, 0.1) is 0 Å². The Kier molecular flexibility index (Phi) is 4.69. The second-order valence-electron chi connectivity index (χ2n) is 4.36. The molecule has 1 saturated heterocycles. The van der Waals surface area contributed by atoms with Gasteiger partial charge in [0.15, 0.2) is 0 Å². The van der Waals surface area contributed by atoms with Crippen molar-refractivity contribution in [2.45, 2.75) is 44.1 Å². The Labute approximate surface area is 102 Å². The van der Waals surface area contributed by atoms with Gasteiger partial charge in [-0.3, -0.25) is 0 Å². The minimum Gasteiger partial charge on any atom is -0.390 e. The molecule has 1 N–H and O–H groups in total. The van der Waals surface area contributed by atoms with Crippen LogP contribution in [0.4, 0.5) is 0 Å². The Morgan fingerprint density at radius 1 is 1.41 bits per heavy atom. The van der Waals surface area contributed by atoms with Crippen LogP contribution in [-0.4, -0.2) is 49.7 Å². The van der Waals surface area contributed by atoms with E-state index < -0.39 is 23.8 Å². The first-order valence-electron chi connectivity index (χ1n) is 5.63. The third-order valence-electron chi connectivity index (χ3n) is 3.34. The first-order chi connectivity index (χ1) is 7.92. The molecule has 1 fully saturated rings. The molecular formula is C12H22O5. The van der Waals surface area contributed by atoms with Crippen LogP contribution in [0.25, 0.3) is 0 Å². The van der Waals surface area contributed by atoms with Crippen LogP contribution in [0.2, 0.25) is 0 Å². The smallest absolute Gasteiger partial charge is 0.220 e. The highest BCUT2D eigenvalue weighted by molar-refractivity contribution is 4.90. The van der Waals surface area contributed by atoms with E-state index in [1.54, 1.807) is 19.9 Å². The molecule has 0 amide bonds. The first kappa shape index (κ1) is 14.6. The van der Waals surface area contributed by atoms with Crippen LogP contribution >= 0.6 is 0 Å². The molecule has 4 atom stereocenters. The predicted octanol–water partition coefficient (Wildman–Crippen LogP) is 1.06. The van der Waals surface area contributed by atoms with Gasteiger partial charge in [0.2, 0.25) is 11.6 Å². The summed E-state index contributed by atoms with van der Waals surface area (Å²) in [6, 6.07) is 0. The van der Waals surface area contributed by atoms with Gasteiger partial charge in [0.1, 0.15) is 6.10 Å². The van der Waals surface area contributed by atoms with Crippen LogP contribution in [0.15, 0.2) is 12.7 Å². The summed E-state index contributed by atoms with van der Waals surface area (Å²) >= 11 is 0. The summed E-state index contributed by atoms with van der Waals surface area (Å²) in [7, 11) is 3.05. The zero-order valence-corrected chi connectivity index (χ0v) is 10.9. The largest absolute Gasteiger partial charge is 0.390 e. The van der Waals surface area contributed by atoms with E-state index in [0.717, 1.165) is 0 Å². The minimum absolute atomic E-state index is 0.248. The van der Waals surface area contributed by atoms with Gasteiger partial charge in [-0.2, -0.15) is 0 Å². The second-order valence-corrected chi connectivity index (χ2v) is 4.36. The Balaban J connectivity index is 2.79. The van der Waals surface area contributed by atoms with Crippen molar-refractivity contribution < 1.29 is 24.1 Å². The van der Waals surface area contributed by atoms with Gasteiger partial charge >= 0.3 is 0 Å². The van der Waals surface area contributed by atoms with E-state index >= 15 is 0 Å². The number of rotatable bonds is 5. The van der Waals surface area contributed by atoms with Crippen molar-refractivity contribution in [1.29, 1.82) is 0 Å².